The summed E-state index contributed by atoms with van der Waals surface area (Å²) in [6, 6.07) is 4.20. The summed E-state index contributed by atoms with van der Waals surface area (Å²) < 4.78 is 0. The molecule has 1 rings (SSSR count). The van der Waals surface area contributed by atoms with Crippen molar-refractivity contribution in [3.8, 4) is 0 Å². The van der Waals surface area contributed by atoms with Crippen LogP contribution in [0.3, 0.4) is 0 Å². The van der Waals surface area contributed by atoms with Gasteiger partial charge in [0.2, 0.25) is 0 Å². The van der Waals surface area contributed by atoms with Crippen LogP contribution in [-0.4, -0.2) is 18.1 Å². The summed E-state index contributed by atoms with van der Waals surface area (Å²) in [4.78, 5) is 6.77. The first-order valence-corrected chi connectivity index (χ1v) is 6.15. The molecule has 2 N–H and O–H groups in total. The van der Waals surface area contributed by atoms with Crippen LogP contribution < -0.4 is 10.6 Å². The molecule has 0 fully saturated rings. The number of unbranched alkanes of at least 4 members (excludes halogenated alkanes) is 1. The smallest absolute Gasteiger partial charge is 0.128 e. The summed E-state index contributed by atoms with van der Waals surface area (Å²) in [6.07, 6.45) is 4.31. The summed E-state index contributed by atoms with van der Waals surface area (Å²) in [5.41, 5.74) is 6.89. The van der Waals surface area contributed by atoms with E-state index in [0.717, 1.165) is 24.5 Å². The fraction of sp³-hybridized carbons (Fsp3) is 0.615. The number of hydrogen-bond acceptors (Lipinski definition) is 3. The molecule has 0 bridgehead atoms. The van der Waals surface area contributed by atoms with Crippen LogP contribution in [-0.2, 0) is 0 Å². The third-order valence-electron chi connectivity index (χ3n) is 2.78. The van der Waals surface area contributed by atoms with Crippen LogP contribution in [0.1, 0.15) is 45.2 Å². The zero-order chi connectivity index (χ0) is 12.0. The Bertz CT molecular complexity index is 293. The Kier molecular flexibility index (Phi) is 5.26. The first kappa shape index (κ1) is 13.0. The molecule has 0 aliphatic carbocycles. The van der Waals surface area contributed by atoms with E-state index in [9.17, 15) is 0 Å². The summed E-state index contributed by atoms with van der Waals surface area (Å²) in [6.45, 7) is 8.44. The summed E-state index contributed by atoms with van der Waals surface area (Å²) in [5, 5.41) is 0. The highest BCUT2D eigenvalue weighted by Gasteiger charge is 2.06. The highest BCUT2D eigenvalue weighted by molar-refractivity contribution is 5.39. The fourth-order valence-electron chi connectivity index (χ4n) is 1.64. The van der Waals surface area contributed by atoms with Gasteiger partial charge in [-0.3, -0.25) is 0 Å². The highest BCUT2D eigenvalue weighted by atomic mass is 15.2. The van der Waals surface area contributed by atoms with Crippen LogP contribution in [0.4, 0.5) is 5.82 Å². The van der Waals surface area contributed by atoms with Gasteiger partial charge < -0.3 is 10.6 Å². The molecule has 0 amide bonds. The highest BCUT2D eigenvalue weighted by Crippen LogP contribution is 2.15. The van der Waals surface area contributed by atoms with E-state index in [1.165, 1.54) is 12.8 Å². The number of nitrogens with zero attached hydrogens (tertiary/aromatic N) is 2. The largest absolute Gasteiger partial charge is 0.357 e. The van der Waals surface area contributed by atoms with Crippen LogP contribution in [0, 0.1) is 0 Å². The summed E-state index contributed by atoms with van der Waals surface area (Å²) in [5.74, 6) is 1.06. The van der Waals surface area contributed by atoms with Crippen molar-refractivity contribution in [1.82, 2.24) is 4.98 Å². The Labute approximate surface area is 98.7 Å². The van der Waals surface area contributed by atoms with Gasteiger partial charge in [-0.25, -0.2) is 4.98 Å². The average Bonchev–Trinajstić information content (AvgIpc) is 2.30. The van der Waals surface area contributed by atoms with E-state index in [4.69, 9.17) is 5.73 Å². The van der Waals surface area contributed by atoms with Crippen LogP contribution in [0.25, 0.3) is 0 Å². The second kappa shape index (κ2) is 6.48. The molecule has 0 radical (unpaired) electrons. The molecule has 1 atom stereocenters. The topological polar surface area (TPSA) is 42.1 Å². The Morgan fingerprint density at radius 3 is 2.56 bits per heavy atom. The Morgan fingerprint density at radius 2 is 2.12 bits per heavy atom. The second-order valence-electron chi connectivity index (χ2n) is 4.17. The number of hydrogen-bond donors (Lipinski definition) is 1. The lowest BCUT2D eigenvalue weighted by Crippen LogP contribution is -2.24. The third-order valence-corrected chi connectivity index (χ3v) is 2.78. The molecule has 0 aromatic carbocycles. The number of aromatic nitrogens is 1. The quantitative estimate of drug-likeness (QED) is 0.803. The zero-order valence-electron chi connectivity index (χ0n) is 10.6. The van der Waals surface area contributed by atoms with Gasteiger partial charge in [-0.2, -0.15) is 0 Å². The number of rotatable bonds is 6. The van der Waals surface area contributed by atoms with E-state index in [1.807, 2.05) is 13.1 Å². The SMILES string of the molecule is CCCCN(CC)c1ccc([C@@H](C)N)cn1. The molecule has 1 heterocycles. The minimum Gasteiger partial charge on any atom is -0.357 e. The molecule has 0 saturated heterocycles. The van der Waals surface area contributed by atoms with E-state index in [0.29, 0.717) is 0 Å². The minimum atomic E-state index is 0.0623. The van der Waals surface area contributed by atoms with Crippen LogP contribution in [0.2, 0.25) is 0 Å². The molecular formula is C13H23N3. The molecule has 3 heteroatoms. The zero-order valence-corrected chi connectivity index (χ0v) is 10.6. The fourth-order valence-corrected chi connectivity index (χ4v) is 1.64. The normalized spacial score (nSPS) is 12.5. The van der Waals surface area contributed by atoms with E-state index in [1.54, 1.807) is 0 Å². The number of anilines is 1. The van der Waals surface area contributed by atoms with Crippen molar-refractivity contribution in [3.63, 3.8) is 0 Å². The standard InChI is InChI=1S/C13H23N3/c1-4-6-9-16(5-2)13-8-7-12(10-15-13)11(3)14/h7-8,10-11H,4-6,9,14H2,1-3H3/t11-/m1/s1. The van der Waals surface area contributed by atoms with Crippen molar-refractivity contribution in [2.24, 2.45) is 5.73 Å². The molecule has 1 aromatic heterocycles. The number of pyridine rings is 1. The molecule has 0 aliphatic rings. The van der Waals surface area contributed by atoms with E-state index >= 15 is 0 Å². The first-order chi connectivity index (χ1) is 7.69. The van der Waals surface area contributed by atoms with Crippen molar-refractivity contribution >= 4 is 5.82 Å². The monoisotopic (exact) mass is 221 g/mol. The first-order valence-electron chi connectivity index (χ1n) is 6.15. The molecular weight excluding hydrogens is 198 g/mol. The second-order valence-corrected chi connectivity index (χ2v) is 4.17. The van der Waals surface area contributed by atoms with Gasteiger partial charge in [-0.05, 0) is 31.9 Å². The van der Waals surface area contributed by atoms with E-state index in [-0.39, 0.29) is 6.04 Å². The summed E-state index contributed by atoms with van der Waals surface area (Å²) in [7, 11) is 0. The average molecular weight is 221 g/mol. The van der Waals surface area contributed by atoms with Gasteiger partial charge in [0.15, 0.2) is 0 Å². The molecule has 90 valence electrons. The van der Waals surface area contributed by atoms with Crippen molar-refractivity contribution in [2.75, 3.05) is 18.0 Å². The van der Waals surface area contributed by atoms with Crippen molar-refractivity contribution < 1.29 is 0 Å². The van der Waals surface area contributed by atoms with Gasteiger partial charge in [0, 0.05) is 25.3 Å². The van der Waals surface area contributed by atoms with Crippen molar-refractivity contribution in [2.45, 2.75) is 39.7 Å². The van der Waals surface area contributed by atoms with Crippen molar-refractivity contribution in [1.29, 1.82) is 0 Å². The van der Waals surface area contributed by atoms with Gasteiger partial charge in [0.05, 0.1) is 0 Å². The van der Waals surface area contributed by atoms with Gasteiger partial charge in [0.25, 0.3) is 0 Å². The molecule has 0 aliphatic heterocycles. The predicted octanol–water partition coefficient (Wildman–Crippen LogP) is 2.73. The third kappa shape index (κ3) is 3.49. The van der Waals surface area contributed by atoms with E-state index < -0.39 is 0 Å². The maximum Gasteiger partial charge on any atom is 0.128 e. The molecule has 0 spiro atoms. The lowest BCUT2D eigenvalue weighted by molar-refractivity contribution is 0.722. The maximum absolute atomic E-state index is 5.80. The van der Waals surface area contributed by atoms with Gasteiger partial charge in [-0.1, -0.05) is 19.4 Å². The molecule has 0 saturated carbocycles. The Hall–Kier alpha value is -1.09. The predicted molar refractivity (Wildman–Crippen MR) is 69.6 cm³/mol. The molecule has 1 aromatic rings. The van der Waals surface area contributed by atoms with Crippen molar-refractivity contribution in [3.05, 3.63) is 23.9 Å². The van der Waals surface area contributed by atoms with Gasteiger partial charge >= 0.3 is 0 Å². The molecule has 16 heavy (non-hydrogen) atoms. The Morgan fingerprint density at radius 1 is 1.38 bits per heavy atom. The minimum absolute atomic E-state index is 0.0623. The molecule has 3 nitrogen and oxygen atoms in total. The molecule has 0 unspecified atom stereocenters. The summed E-state index contributed by atoms with van der Waals surface area (Å²) >= 11 is 0. The lowest BCUT2D eigenvalue weighted by Gasteiger charge is -2.22. The van der Waals surface area contributed by atoms with Crippen LogP contribution in [0.5, 0.6) is 0 Å². The Balaban J connectivity index is 2.70. The number of nitrogens with two attached hydrogens (primary N) is 1. The van der Waals surface area contributed by atoms with Crippen LogP contribution in [0.15, 0.2) is 18.3 Å². The maximum atomic E-state index is 5.80. The van der Waals surface area contributed by atoms with E-state index in [2.05, 4.69) is 35.9 Å². The van der Waals surface area contributed by atoms with Crippen LogP contribution >= 0.6 is 0 Å². The van der Waals surface area contributed by atoms with Gasteiger partial charge in [-0.15, -0.1) is 0 Å². The lowest BCUT2D eigenvalue weighted by atomic mass is 10.1. The van der Waals surface area contributed by atoms with Gasteiger partial charge in [0.1, 0.15) is 5.82 Å².